The maximum Gasteiger partial charge on any atom is 0.123 e. The average Bonchev–Trinajstić information content (AvgIpc) is 1.88. The largest absolute Gasteiger partial charge is 0.228 e. The molecule has 0 saturated heterocycles. The van der Waals surface area contributed by atoms with Gasteiger partial charge in [-0.1, -0.05) is 12.1 Å². The number of benzene rings is 1. The van der Waals surface area contributed by atoms with Gasteiger partial charge in [0.25, 0.3) is 0 Å². The summed E-state index contributed by atoms with van der Waals surface area (Å²) in [5.74, 6) is -0.347. The topological polar surface area (TPSA) is 19.9 Å². The van der Waals surface area contributed by atoms with Gasteiger partial charge in [0, 0.05) is 0 Å². The minimum atomic E-state index is -0.837. The zero-order valence-electron chi connectivity index (χ0n) is 5.67. The van der Waals surface area contributed by atoms with Crippen LogP contribution in [0.5, 0.6) is 0 Å². The van der Waals surface area contributed by atoms with Crippen LogP contribution in [0.25, 0.3) is 0 Å². The van der Waals surface area contributed by atoms with E-state index in [-0.39, 0.29) is 5.82 Å². The first kappa shape index (κ1) is 7.22. The summed E-state index contributed by atoms with van der Waals surface area (Å²) in [6, 6.07) is 5.75. The second-order valence-electron chi connectivity index (χ2n) is 2.20. The summed E-state index contributed by atoms with van der Waals surface area (Å²) in [6.45, 7) is 1.49. The predicted molar refractivity (Wildman–Crippen MR) is 35.5 cm³/mol. The van der Waals surface area contributed by atoms with Crippen molar-refractivity contribution in [2.45, 2.75) is 13.0 Å². The summed E-state index contributed by atoms with van der Waals surface area (Å²) < 4.78 is 12.4. The van der Waals surface area contributed by atoms with Crippen molar-refractivity contribution in [2.75, 3.05) is 0 Å². The van der Waals surface area contributed by atoms with E-state index in [0.717, 1.165) is 0 Å². The minimum Gasteiger partial charge on any atom is -0.228 e. The summed E-state index contributed by atoms with van der Waals surface area (Å²) >= 11 is 0. The second kappa shape index (κ2) is 2.80. The molecule has 1 atom stereocenters. The van der Waals surface area contributed by atoms with Crippen LogP contribution in [0.1, 0.15) is 18.6 Å². The zero-order chi connectivity index (χ0) is 7.56. The van der Waals surface area contributed by atoms with E-state index in [1.165, 1.54) is 19.1 Å². The highest BCUT2D eigenvalue weighted by Gasteiger charge is 2.01. The monoisotopic (exact) mass is 139 g/mol. The van der Waals surface area contributed by atoms with Gasteiger partial charge in [-0.2, -0.15) is 0 Å². The summed E-state index contributed by atoms with van der Waals surface area (Å²) in [7, 11) is 0. The first-order valence-electron chi connectivity index (χ1n) is 3.11. The Bertz CT molecular complexity index is 220. The molecule has 0 saturated carbocycles. The number of hydrogen-bond acceptors (Lipinski definition) is 0. The van der Waals surface area contributed by atoms with Gasteiger partial charge >= 0.3 is 0 Å². The molecular formula is C8H8FO. The molecule has 10 heavy (non-hydrogen) atoms. The Balaban J connectivity index is 2.96. The smallest absolute Gasteiger partial charge is 0.123 e. The lowest BCUT2D eigenvalue weighted by Gasteiger charge is -1.99. The molecule has 0 fully saturated rings. The molecule has 1 unspecified atom stereocenters. The van der Waals surface area contributed by atoms with Crippen LogP contribution in [0.4, 0.5) is 4.39 Å². The fourth-order valence-corrected chi connectivity index (χ4v) is 0.759. The van der Waals surface area contributed by atoms with E-state index < -0.39 is 6.10 Å². The molecule has 1 nitrogen and oxygen atoms in total. The third kappa shape index (κ3) is 1.54. The van der Waals surface area contributed by atoms with Crippen LogP contribution < -0.4 is 0 Å². The predicted octanol–water partition coefficient (Wildman–Crippen LogP) is 2.32. The average molecular weight is 139 g/mol. The summed E-state index contributed by atoms with van der Waals surface area (Å²) in [4.78, 5) is 0. The Morgan fingerprint density at radius 3 is 2.60 bits per heavy atom. The van der Waals surface area contributed by atoms with E-state index in [1.807, 2.05) is 0 Å². The molecule has 0 spiro atoms. The van der Waals surface area contributed by atoms with Gasteiger partial charge in [-0.05, 0) is 24.6 Å². The van der Waals surface area contributed by atoms with Gasteiger partial charge in [0.15, 0.2) is 0 Å². The van der Waals surface area contributed by atoms with E-state index in [4.69, 9.17) is 0 Å². The van der Waals surface area contributed by atoms with Crippen molar-refractivity contribution in [2.24, 2.45) is 0 Å². The highest BCUT2D eigenvalue weighted by atomic mass is 19.1. The molecule has 0 aliphatic rings. The molecule has 0 heterocycles. The lowest BCUT2D eigenvalue weighted by Crippen LogP contribution is -1.88. The Kier molecular flexibility index (Phi) is 2.02. The van der Waals surface area contributed by atoms with Crippen LogP contribution in [-0.2, 0) is 5.11 Å². The molecule has 0 bridgehead atoms. The Morgan fingerprint density at radius 2 is 2.20 bits per heavy atom. The van der Waals surface area contributed by atoms with E-state index in [9.17, 15) is 9.50 Å². The van der Waals surface area contributed by atoms with E-state index in [1.54, 1.807) is 12.1 Å². The molecule has 0 N–H and O–H groups in total. The van der Waals surface area contributed by atoms with Crippen molar-refractivity contribution in [3.63, 3.8) is 0 Å². The summed E-state index contributed by atoms with van der Waals surface area (Å²) in [5, 5.41) is 10.7. The highest BCUT2D eigenvalue weighted by molar-refractivity contribution is 5.17. The van der Waals surface area contributed by atoms with Crippen molar-refractivity contribution < 1.29 is 9.50 Å². The third-order valence-electron chi connectivity index (χ3n) is 1.32. The van der Waals surface area contributed by atoms with Crippen molar-refractivity contribution >= 4 is 0 Å². The van der Waals surface area contributed by atoms with Crippen LogP contribution in [0.3, 0.4) is 0 Å². The Labute approximate surface area is 59.1 Å². The van der Waals surface area contributed by atoms with Crippen LogP contribution in [0, 0.1) is 5.82 Å². The Morgan fingerprint density at radius 1 is 1.50 bits per heavy atom. The molecule has 2 heteroatoms. The van der Waals surface area contributed by atoms with E-state index >= 15 is 0 Å². The zero-order valence-corrected chi connectivity index (χ0v) is 5.67. The van der Waals surface area contributed by atoms with Crippen LogP contribution in [0.2, 0.25) is 0 Å². The molecule has 1 aromatic carbocycles. The standard InChI is InChI=1S/C8H8FO/c1-6(10)7-3-2-4-8(9)5-7/h2-6H,1H3. The normalized spacial score (nSPS) is 13.1. The summed E-state index contributed by atoms with van der Waals surface area (Å²) in [6.07, 6.45) is -0.837. The maximum atomic E-state index is 12.4. The van der Waals surface area contributed by atoms with Crippen LogP contribution in [0.15, 0.2) is 24.3 Å². The first-order chi connectivity index (χ1) is 4.70. The van der Waals surface area contributed by atoms with E-state index in [2.05, 4.69) is 0 Å². The highest BCUT2D eigenvalue weighted by Crippen LogP contribution is 2.12. The lowest BCUT2D eigenvalue weighted by molar-refractivity contribution is 0.106. The van der Waals surface area contributed by atoms with Crippen LogP contribution in [-0.4, -0.2) is 0 Å². The SMILES string of the molecule is CC([O])c1cccc(F)c1. The van der Waals surface area contributed by atoms with Gasteiger partial charge < -0.3 is 0 Å². The van der Waals surface area contributed by atoms with Crippen molar-refractivity contribution in [3.8, 4) is 0 Å². The molecule has 0 amide bonds. The molecule has 0 aliphatic carbocycles. The molecule has 1 rings (SSSR count). The number of halogens is 1. The minimum absolute atomic E-state index is 0.347. The van der Waals surface area contributed by atoms with Crippen molar-refractivity contribution in [1.82, 2.24) is 0 Å². The third-order valence-corrected chi connectivity index (χ3v) is 1.32. The fraction of sp³-hybridized carbons (Fsp3) is 0.250. The number of hydrogen-bond donors (Lipinski definition) is 0. The van der Waals surface area contributed by atoms with Gasteiger partial charge in [-0.15, -0.1) is 0 Å². The molecule has 53 valence electrons. The van der Waals surface area contributed by atoms with Gasteiger partial charge in [0.05, 0.1) is 0 Å². The Hall–Kier alpha value is -0.890. The van der Waals surface area contributed by atoms with Gasteiger partial charge in [-0.3, -0.25) is 0 Å². The summed E-state index contributed by atoms with van der Waals surface area (Å²) in [5.41, 5.74) is 0.500. The molecule has 0 aromatic heterocycles. The van der Waals surface area contributed by atoms with Crippen molar-refractivity contribution in [3.05, 3.63) is 35.6 Å². The fourth-order valence-electron chi connectivity index (χ4n) is 0.759. The quantitative estimate of drug-likeness (QED) is 0.569. The van der Waals surface area contributed by atoms with Crippen molar-refractivity contribution in [1.29, 1.82) is 0 Å². The molecule has 0 aliphatic heterocycles. The van der Waals surface area contributed by atoms with Gasteiger partial charge in [0.1, 0.15) is 11.9 Å². The van der Waals surface area contributed by atoms with Gasteiger partial charge in [-0.25, -0.2) is 9.50 Å². The van der Waals surface area contributed by atoms with E-state index in [0.29, 0.717) is 5.56 Å². The lowest BCUT2D eigenvalue weighted by atomic mass is 10.1. The second-order valence-corrected chi connectivity index (χ2v) is 2.20. The maximum absolute atomic E-state index is 12.4. The van der Waals surface area contributed by atoms with Gasteiger partial charge in [0.2, 0.25) is 0 Å². The number of rotatable bonds is 1. The first-order valence-corrected chi connectivity index (χ1v) is 3.11. The molecule has 1 aromatic rings. The molecular weight excluding hydrogens is 131 g/mol. The van der Waals surface area contributed by atoms with Crippen LogP contribution >= 0.6 is 0 Å². The molecule has 1 radical (unpaired) electrons.